The molecule has 0 bridgehead atoms. The third kappa shape index (κ3) is 3.95. The molecule has 0 saturated carbocycles. The maximum absolute atomic E-state index is 10.7. The summed E-state index contributed by atoms with van der Waals surface area (Å²) in [4.78, 5) is 2.57. The van der Waals surface area contributed by atoms with Crippen LogP contribution in [0.5, 0.6) is 11.5 Å². The lowest BCUT2D eigenvalue weighted by atomic mass is 9.80. The van der Waals surface area contributed by atoms with E-state index >= 15 is 0 Å². The molecule has 140 valence electrons. The Morgan fingerprint density at radius 3 is 2.60 bits per heavy atom. The van der Waals surface area contributed by atoms with Gasteiger partial charge >= 0.3 is 0 Å². The van der Waals surface area contributed by atoms with Crippen LogP contribution in [0.25, 0.3) is 0 Å². The Morgan fingerprint density at radius 1 is 1.12 bits per heavy atom. The number of rotatable bonds is 7. The molecule has 0 spiro atoms. The number of methoxy groups -OCH3 is 2. The normalized spacial score (nSPS) is 26.0. The van der Waals surface area contributed by atoms with Gasteiger partial charge in [0.25, 0.3) is 0 Å². The number of aliphatic hydroxyl groups is 1. The Bertz CT molecular complexity index is 575. The Kier molecular flexibility index (Phi) is 6.24. The number of fused-ring (bicyclic) bond motifs is 3. The fraction of sp³-hybridized carbons (Fsp3) is 0.714. The highest BCUT2D eigenvalue weighted by Crippen LogP contribution is 2.43. The van der Waals surface area contributed by atoms with Crippen molar-refractivity contribution in [3.8, 4) is 11.5 Å². The number of aliphatic hydroxyl groups excluding tert-OH is 1. The smallest absolute Gasteiger partial charge is 0.161 e. The van der Waals surface area contributed by atoms with Crippen molar-refractivity contribution in [2.75, 3.05) is 27.3 Å². The largest absolute Gasteiger partial charge is 0.493 e. The summed E-state index contributed by atoms with van der Waals surface area (Å²) in [5.74, 6) is 2.02. The predicted octanol–water partition coefficient (Wildman–Crippen LogP) is 3.95. The molecule has 3 unspecified atom stereocenters. The van der Waals surface area contributed by atoms with E-state index in [0.29, 0.717) is 12.0 Å². The van der Waals surface area contributed by atoms with Gasteiger partial charge in [-0.25, -0.2) is 0 Å². The van der Waals surface area contributed by atoms with Gasteiger partial charge in [-0.3, -0.25) is 4.90 Å². The van der Waals surface area contributed by atoms with Crippen molar-refractivity contribution >= 4 is 0 Å². The molecule has 1 fully saturated rings. The van der Waals surface area contributed by atoms with Crippen molar-refractivity contribution in [1.29, 1.82) is 0 Å². The number of unbranched alkanes of at least 4 members (excludes halogenated alkanes) is 3. The van der Waals surface area contributed by atoms with Crippen LogP contribution >= 0.6 is 0 Å². The molecule has 2 aliphatic heterocycles. The highest BCUT2D eigenvalue weighted by molar-refractivity contribution is 5.49. The fourth-order valence-electron chi connectivity index (χ4n) is 4.54. The van der Waals surface area contributed by atoms with Crippen LogP contribution < -0.4 is 9.47 Å². The minimum atomic E-state index is -0.193. The van der Waals surface area contributed by atoms with Gasteiger partial charge in [0.15, 0.2) is 11.5 Å². The van der Waals surface area contributed by atoms with Gasteiger partial charge in [-0.1, -0.05) is 32.6 Å². The Morgan fingerprint density at radius 2 is 1.88 bits per heavy atom. The molecule has 25 heavy (non-hydrogen) atoms. The minimum Gasteiger partial charge on any atom is -0.493 e. The van der Waals surface area contributed by atoms with Crippen molar-refractivity contribution in [3.63, 3.8) is 0 Å². The van der Waals surface area contributed by atoms with E-state index in [1.54, 1.807) is 14.2 Å². The van der Waals surface area contributed by atoms with E-state index in [4.69, 9.17) is 9.47 Å². The quantitative estimate of drug-likeness (QED) is 0.758. The molecule has 1 saturated heterocycles. The average Bonchev–Trinajstić information content (AvgIpc) is 2.64. The van der Waals surface area contributed by atoms with Crippen molar-refractivity contribution in [2.24, 2.45) is 5.92 Å². The molecule has 0 aliphatic carbocycles. The first-order valence-corrected chi connectivity index (χ1v) is 9.84. The van der Waals surface area contributed by atoms with Gasteiger partial charge in [0.05, 0.1) is 20.3 Å². The third-order valence-corrected chi connectivity index (χ3v) is 6.02. The summed E-state index contributed by atoms with van der Waals surface area (Å²) < 4.78 is 11.0. The molecule has 1 N–H and O–H groups in total. The predicted molar refractivity (Wildman–Crippen MR) is 100 cm³/mol. The molecule has 3 rings (SSSR count). The standard InChI is InChI=1S/C21H33NO3/c1-4-5-6-7-8-16-14-22-10-9-15-11-20(24-2)21(25-3)12-17(15)18(22)13-19(16)23/h11-12,16,18-19,23H,4-10,13-14H2,1-3H3. The summed E-state index contributed by atoms with van der Waals surface area (Å²) in [6, 6.07) is 4.55. The summed E-state index contributed by atoms with van der Waals surface area (Å²) in [7, 11) is 3.37. The molecule has 0 radical (unpaired) electrons. The number of hydrogen-bond acceptors (Lipinski definition) is 4. The molecule has 2 aliphatic rings. The van der Waals surface area contributed by atoms with Gasteiger partial charge in [0, 0.05) is 19.1 Å². The molecule has 3 atom stereocenters. The van der Waals surface area contributed by atoms with Crippen LogP contribution in [0.4, 0.5) is 0 Å². The van der Waals surface area contributed by atoms with E-state index in [1.807, 2.05) is 0 Å². The van der Waals surface area contributed by atoms with E-state index in [2.05, 4.69) is 24.0 Å². The average molecular weight is 347 g/mol. The van der Waals surface area contributed by atoms with Gasteiger partial charge in [0.2, 0.25) is 0 Å². The zero-order chi connectivity index (χ0) is 17.8. The van der Waals surface area contributed by atoms with E-state index in [-0.39, 0.29) is 6.10 Å². The van der Waals surface area contributed by atoms with Gasteiger partial charge < -0.3 is 14.6 Å². The number of piperidine rings is 1. The molecule has 1 aromatic rings. The fourth-order valence-corrected chi connectivity index (χ4v) is 4.54. The Balaban J connectivity index is 1.72. The highest BCUT2D eigenvalue weighted by Gasteiger charge is 2.38. The molecule has 0 aromatic heterocycles. The maximum atomic E-state index is 10.7. The summed E-state index contributed by atoms with van der Waals surface area (Å²) in [5.41, 5.74) is 2.65. The molecule has 2 heterocycles. The molecule has 4 heteroatoms. The minimum absolute atomic E-state index is 0.193. The van der Waals surface area contributed by atoms with Crippen molar-refractivity contribution < 1.29 is 14.6 Å². The number of nitrogens with zero attached hydrogens (tertiary/aromatic N) is 1. The molecule has 1 aromatic carbocycles. The molecule has 4 nitrogen and oxygen atoms in total. The summed E-state index contributed by atoms with van der Waals surface area (Å²) in [6.07, 6.45) is 7.96. The van der Waals surface area contributed by atoms with E-state index in [9.17, 15) is 5.11 Å². The number of hydrogen-bond donors (Lipinski definition) is 1. The van der Waals surface area contributed by atoms with Crippen molar-refractivity contribution in [3.05, 3.63) is 23.3 Å². The highest BCUT2D eigenvalue weighted by atomic mass is 16.5. The van der Waals surface area contributed by atoms with Crippen LogP contribution in [0.3, 0.4) is 0 Å². The second-order valence-electron chi connectivity index (χ2n) is 7.58. The first kappa shape index (κ1) is 18.5. The van der Waals surface area contributed by atoms with Gasteiger partial charge in [-0.2, -0.15) is 0 Å². The second-order valence-corrected chi connectivity index (χ2v) is 7.58. The first-order valence-electron chi connectivity index (χ1n) is 9.84. The monoisotopic (exact) mass is 347 g/mol. The first-order chi connectivity index (χ1) is 12.2. The second kappa shape index (κ2) is 8.41. The number of ether oxygens (including phenoxy) is 2. The molecular weight excluding hydrogens is 314 g/mol. The lowest BCUT2D eigenvalue weighted by Crippen LogP contribution is -2.48. The summed E-state index contributed by atoms with van der Waals surface area (Å²) >= 11 is 0. The maximum Gasteiger partial charge on any atom is 0.161 e. The van der Waals surface area contributed by atoms with Gasteiger partial charge in [-0.05, 0) is 48.4 Å². The zero-order valence-electron chi connectivity index (χ0n) is 16.0. The molecule has 0 amide bonds. The van der Waals surface area contributed by atoms with Crippen LogP contribution in [-0.2, 0) is 6.42 Å². The van der Waals surface area contributed by atoms with Crippen LogP contribution in [-0.4, -0.2) is 43.4 Å². The van der Waals surface area contributed by atoms with Crippen molar-refractivity contribution in [1.82, 2.24) is 4.90 Å². The van der Waals surface area contributed by atoms with Crippen LogP contribution in [0.15, 0.2) is 12.1 Å². The lowest BCUT2D eigenvalue weighted by Gasteiger charge is -2.46. The van der Waals surface area contributed by atoms with Crippen LogP contribution in [0.2, 0.25) is 0 Å². The Labute approximate surface area is 152 Å². The van der Waals surface area contributed by atoms with Crippen LogP contribution in [0.1, 0.15) is 62.6 Å². The Hall–Kier alpha value is -1.26. The van der Waals surface area contributed by atoms with Crippen molar-refractivity contribution in [2.45, 2.75) is 64.0 Å². The summed E-state index contributed by atoms with van der Waals surface area (Å²) in [6.45, 7) is 4.34. The van der Waals surface area contributed by atoms with Gasteiger partial charge in [-0.15, -0.1) is 0 Å². The third-order valence-electron chi connectivity index (χ3n) is 6.02. The number of benzene rings is 1. The lowest BCUT2D eigenvalue weighted by molar-refractivity contribution is -0.0158. The summed E-state index contributed by atoms with van der Waals surface area (Å²) in [5, 5.41) is 10.7. The molecular formula is C21H33NO3. The SMILES string of the molecule is CCCCCCC1CN2CCc3cc(OC)c(OC)cc3C2CC1O. The van der Waals surface area contributed by atoms with Crippen LogP contribution in [0, 0.1) is 5.92 Å². The van der Waals surface area contributed by atoms with E-state index < -0.39 is 0 Å². The zero-order valence-corrected chi connectivity index (χ0v) is 16.0. The van der Waals surface area contributed by atoms with Gasteiger partial charge in [0.1, 0.15) is 0 Å². The van der Waals surface area contributed by atoms with E-state index in [1.165, 1.54) is 36.8 Å². The topological polar surface area (TPSA) is 41.9 Å². The van der Waals surface area contributed by atoms with E-state index in [0.717, 1.165) is 43.9 Å².